The van der Waals surface area contributed by atoms with Gasteiger partial charge in [0, 0.05) is 9.75 Å². The van der Waals surface area contributed by atoms with Crippen molar-refractivity contribution < 1.29 is 9.90 Å². The minimum absolute atomic E-state index is 0.0113. The fourth-order valence-electron chi connectivity index (χ4n) is 4.24. The maximum atomic E-state index is 12.0. The predicted molar refractivity (Wildman–Crippen MR) is 111 cm³/mol. The van der Waals surface area contributed by atoms with Crippen LogP contribution in [0.15, 0.2) is 54.6 Å². The van der Waals surface area contributed by atoms with Crippen LogP contribution >= 0.6 is 11.3 Å². The van der Waals surface area contributed by atoms with E-state index in [9.17, 15) is 9.90 Å². The molecule has 1 aliphatic rings. The fourth-order valence-corrected chi connectivity index (χ4v) is 5.34. The van der Waals surface area contributed by atoms with Gasteiger partial charge in [0.15, 0.2) is 0 Å². The summed E-state index contributed by atoms with van der Waals surface area (Å²) in [6.07, 6.45) is 3.77. The number of benzene rings is 2. The molecular weight excluding hydrogens is 354 g/mol. The van der Waals surface area contributed by atoms with Gasteiger partial charge in [0.2, 0.25) is 0 Å². The first-order chi connectivity index (χ1) is 13.2. The normalized spacial score (nSPS) is 19.2. The molecule has 0 saturated carbocycles. The third-order valence-electron chi connectivity index (χ3n) is 5.58. The average molecular weight is 380 g/mol. The lowest BCUT2D eigenvalue weighted by Crippen LogP contribution is -2.46. The van der Waals surface area contributed by atoms with E-state index in [2.05, 4.69) is 66.4 Å². The van der Waals surface area contributed by atoms with Crippen LogP contribution in [0.4, 0.5) is 0 Å². The second kappa shape index (κ2) is 7.83. The Morgan fingerprint density at radius 2 is 1.96 bits per heavy atom. The van der Waals surface area contributed by atoms with Gasteiger partial charge >= 0.3 is 5.97 Å². The number of thiophene rings is 1. The molecule has 2 aromatic carbocycles. The summed E-state index contributed by atoms with van der Waals surface area (Å²) in [5, 5.41) is 12.3. The van der Waals surface area contributed by atoms with Crippen molar-refractivity contribution in [2.45, 2.75) is 44.7 Å². The molecule has 27 heavy (non-hydrogen) atoms. The number of likely N-dealkylation sites (tertiary alicyclic amines) is 1. The zero-order chi connectivity index (χ0) is 18.8. The van der Waals surface area contributed by atoms with Gasteiger partial charge in [-0.15, -0.1) is 11.3 Å². The summed E-state index contributed by atoms with van der Waals surface area (Å²) in [6.45, 7) is 2.99. The molecule has 2 atom stereocenters. The van der Waals surface area contributed by atoms with Crippen LogP contribution in [0.25, 0.3) is 10.8 Å². The first-order valence-electron chi connectivity index (χ1n) is 9.74. The number of nitrogens with zero attached hydrogens (tertiary/aromatic N) is 1. The third kappa shape index (κ3) is 3.52. The zero-order valence-electron chi connectivity index (χ0n) is 15.6. The lowest BCUT2D eigenvalue weighted by atomic mass is 9.92. The van der Waals surface area contributed by atoms with Crippen LogP contribution in [0.1, 0.15) is 47.5 Å². The molecule has 140 valence electrons. The van der Waals surface area contributed by atoms with Crippen molar-refractivity contribution in [3.8, 4) is 0 Å². The monoisotopic (exact) mass is 379 g/mol. The molecule has 0 spiro atoms. The van der Waals surface area contributed by atoms with Gasteiger partial charge in [0.1, 0.15) is 6.04 Å². The third-order valence-corrected chi connectivity index (χ3v) is 6.86. The Hall–Kier alpha value is -2.17. The highest BCUT2D eigenvalue weighted by atomic mass is 32.1. The van der Waals surface area contributed by atoms with Crippen molar-refractivity contribution in [2.75, 3.05) is 6.54 Å². The topological polar surface area (TPSA) is 40.5 Å². The molecule has 4 heteroatoms. The van der Waals surface area contributed by atoms with Gasteiger partial charge in [-0.3, -0.25) is 9.69 Å². The van der Waals surface area contributed by atoms with Crippen LogP contribution in [0.3, 0.4) is 0 Å². The van der Waals surface area contributed by atoms with E-state index in [1.165, 1.54) is 26.1 Å². The summed E-state index contributed by atoms with van der Waals surface area (Å²) in [7, 11) is 0. The number of aryl methyl sites for hydroxylation is 1. The van der Waals surface area contributed by atoms with Crippen LogP contribution in [0.5, 0.6) is 0 Å². The summed E-state index contributed by atoms with van der Waals surface area (Å²) >= 11 is 1.82. The van der Waals surface area contributed by atoms with E-state index < -0.39 is 12.0 Å². The van der Waals surface area contributed by atoms with Crippen molar-refractivity contribution >= 4 is 28.1 Å². The molecule has 0 aliphatic carbocycles. The van der Waals surface area contributed by atoms with Crippen LogP contribution in [0.2, 0.25) is 0 Å². The van der Waals surface area contributed by atoms with E-state index in [1.807, 2.05) is 11.3 Å². The molecule has 3 nitrogen and oxygen atoms in total. The van der Waals surface area contributed by atoms with Crippen LogP contribution in [-0.2, 0) is 11.2 Å². The summed E-state index contributed by atoms with van der Waals surface area (Å²) in [5.41, 5.74) is 1.21. The number of carboxylic acids is 1. The summed E-state index contributed by atoms with van der Waals surface area (Å²) < 4.78 is 0. The average Bonchev–Trinajstić information content (AvgIpc) is 3.17. The van der Waals surface area contributed by atoms with E-state index in [0.717, 1.165) is 32.2 Å². The van der Waals surface area contributed by atoms with E-state index in [4.69, 9.17) is 0 Å². The molecule has 2 heterocycles. The molecule has 1 aliphatic heterocycles. The molecule has 1 saturated heterocycles. The number of piperidine rings is 1. The quantitative estimate of drug-likeness (QED) is 0.637. The highest BCUT2D eigenvalue weighted by Crippen LogP contribution is 2.40. The highest BCUT2D eigenvalue weighted by molar-refractivity contribution is 7.12. The molecule has 0 bridgehead atoms. The highest BCUT2D eigenvalue weighted by Gasteiger charge is 2.36. The second-order valence-corrected chi connectivity index (χ2v) is 8.42. The van der Waals surface area contributed by atoms with Crippen molar-refractivity contribution in [2.24, 2.45) is 0 Å². The maximum absolute atomic E-state index is 12.0. The second-order valence-electron chi connectivity index (χ2n) is 7.22. The lowest BCUT2D eigenvalue weighted by molar-refractivity contribution is -0.145. The predicted octanol–water partition coefficient (Wildman–Crippen LogP) is 5.49. The van der Waals surface area contributed by atoms with E-state index in [-0.39, 0.29) is 6.04 Å². The van der Waals surface area contributed by atoms with E-state index in [1.54, 1.807) is 0 Å². The standard InChI is InChI=1S/C23H25NO2S/c1-2-17-13-14-21(27-17)22(24-15-6-5-12-20(24)23(25)26)19-11-7-9-16-8-3-4-10-18(16)19/h3-4,7-11,13-14,20,22H,2,5-6,12,15H2,1H3,(H,25,26). The number of hydrogen-bond acceptors (Lipinski definition) is 3. The van der Waals surface area contributed by atoms with Gasteiger partial charge in [-0.2, -0.15) is 0 Å². The summed E-state index contributed by atoms with van der Waals surface area (Å²) in [5.74, 6) is -0.702. The number of hydrogen-bond donors (Lipinski definition) is 1. The molecule has 0 amide bonds. The number of carbonyl (C=O) groups is 1. The minimum Gasteiger partial charge on any atom is -0.480 e. The van der Waals surface area contributed by atoms with Gasteiger partial charge in [-0.1, -0.05) is 55.8 Å². The molecule has 2 unspecified atom stereocenters. The molecule has 1 aromatic heterocycles. The van der Waals surface area contributed by atoms with Crippen molar-refractivity contribution in [1.29, 1.82) is 0 Å². The van der Waals surface area contributed by atoms with Crippen molar-refractivity contribution in [3.63, 3.8) is 0 Å². The van der Waals surface area contributed by atoms with Gasteiger partial charge in [0.25, 0.3) is 0 Å². The Balaban J connectivity index is 1.88. The number of carboxylic acid groups (broad SMARTS) is 1. The molecule has 1 N–H and O–H groups in total. The maximum Gasteiger partial charge on any atom is 0.320 e. The van der Waals surface area contributed by atoms with E-state index in [0.29, 0.717) is 0 Å². The Morgan fingerprint density at radius 1 is 1.15 bits per heavy atom. The Morgan fingerprint density at radius 3 is 2.74 bits per heavy atom. The largest absolute Gasteiger partial charge is 0.480 e. The summed E-state index contributed by atoms with van der Waals surface area (Å²) in [6, 6.07) is 18.8. The lowest BCUT2D eigenvalue weighted by Gasteiger charge is -2.39. The van der Waals surface area contributed by atoms with Gasteiger partial charge in [-0.05, 0) is 54.3 Å². The van der Waals surface area contributed by atoms with Crippen LogP contribution in [0, 0.1) is 0 Å². The smallest absolute Gasteiger partial charge is 0.320 e. The van der Waals surface area contributed by atoms with Crippen molar-refractivity contribution in [1.82, 2.24) is 4.90 Å². The van der Waals surface area contributed by atoms with Crippen LogP contribution in [-0.4, -0.2) is 28.6 Å². The van der Waals surface area contributed by atoms with E-state index >= 15 is 0 Å². The Labute approximate surface area is 164 Å². The summed E-state index contributed by atoms with van der Waals surface area (Å²) in [4.78, 5) is 16.8. The van der Waals surface area contributed by atoms with Gasteiger partial charge in [0.05, 0.1) is 6.04 Å². The number of rotatable bonds is 5. The molecule has 4 rings (SSSR count). The first kappa shape index (κ1) is 18.2. The Bertz CT molecular complexity index is 943. The van der Waals surface area contributed by atoms with Gasteiger partial charge < -0.3 is 5.11 Å². The zero-order valence-corrected chi connectivity index (χ0v) is 16.4. The molecule has 0 radical (unpaired) electrons. The molecule has 1 fully saturated rings. The Kier molecular flexibility index (Phi) is 5.28. The van der Waals surface area contributed by atoms with Crippen molar-refractivity contribution in [3.05, 3.63) is 69.9 Å². The number of aliphatic carboxylic acids is 1. The fraction of sp³-hybridized carbons (Fsp3) is 0.348. The van der Waals surface area contributed by atoms with Crippen LogP contribution < -0.4 is 0 Å². The minimum atomic E-state index is -0.702. The van der Waals surface area contributed by atoms with Gasteiger partial charge in [-0.25, -0.2) is 0 Å². The SMILES string of the molecule is CCc1ccc(C(c2cccc3ccccc23)N2CCCCC2C(=O)O)s1. The first-order valence-corrected chi connectivity index (χ1v) is 10.6. The molecule has 3 aromatic rings. The number of fused-ring (bicyclic) bond motifs is 1. The molecular formula is C23H25NO2S.